The lowest BCUT2D eigenvalue weighted by Crippen LogP contribution is -2.53. The van der Waals surface area contributed by atoms with Crippen molar-refractivity contribution in [1.29, 1.82) is 0 Å². The number of benzene rings is 2. The topological polar surface area (TPSA) is 131 Å². The number of hydrogen-bond acceptors (Lipinski definition) is 6. The van der Waals surface area contributed by atoms with Crippen LogP contribution in [0.1, 0.15) is 29.5 Å². The molecule has 0 aliphatic carbocycles. The second-order valence-corrected chi connectivity index (χ2v) is 9.71. The molecule has 0 saturated carbocycles. The number of hydrogen-bond donors (Lipinski definition) is 3. The molecule has 5 rings (SSSR count). The number of primary amides is 1. The normalized spacial score (nSPS) is 26.8. The summed E-state index contributed by atoms with van der Waals surface area (Å²) in [5, 5.41) is 6.59. The molecule has 3 aliphatic rings. The first kappa shape index (κ1) is 23.3. The monoisotopic (exact) mass is 496 g/mol. The molecule has 4 atom stereocenters. The van der Waals surface area contributed by atoms with Gasteiger partial charge in [0, 0.05) is 28.7 Å². The van der Waals surface area contributed by atoms with E-state index >= 15 is 0 Å². The molecular weight excluding hydrogens is 472 g/mol. The van der Waals surface area contributed by atoms with Crippen LogP contribution in [0, 0.1) is 18.8 Å². The van der Waals surface area contributed by atoms with Crippen molar-refractivity contribution in [2.75, 3.05) is 12.4 Å². The maximum atomic E-state index is 13.8. The number of carbonyl (C=O) groups excluding carboxylic acids is 4. The summed E-state index contributed by atoms with van der Waals surface area (Å²) in [7, 11) is 1.56. The number of fused-ring (bicyclic) bond motifs is 4. The number of anilines is 1. The number of aryl methyl sites for hydroxylation is 1. The summed E-state index contributed by atoms with van der Waals surface area (Å²) >= 11 is 6.35. The third kappa shape index (κ3) is 3.49. The Balaban J connectivity index is 1.58. The van der Waals surface area contributed by atoms with Crippen LogP contribution in [0.25, 0.3) is 0 Å². The molecule has 2 aromatic rings. The number of carbonyl (C=O) groups is 4. The molecule has 0 aromatic heterocycles. The van der Waals surface area contributed by atoms with Crippen LogP contribution in [0.15, 0.2) is 36.4 Å². The van der Waals surface area contributed by atoms with Crippen LogP contribution in [0.4, 0.5) is 5.69 Å². The number of ether oxygens (including phenoxy) is 1. The van der Waals surface area contributed by atoms with Gasteiger partial charge in [-0.2, -0.15) is 0 Å². The largest absolute Gasteiger partial charge is 0.497 e. The predicted molar refractivity (Wildman–Crippen MR) is 127 cm³/mol. The first-order chi connectivity index (χ1) is 16.7. The second kappa shape index (κ2) is 8.35. The predicted octanol–water partition coefficient (Wildman–Crippen LogP) is 1.84. The van der Waals surface area contributed by atoms with Gasteiger partial charge in [-0.1, -0.05) is 23.7 Å². The Morgan fingerprint density at radius 2 is 1.89 bits per heavy atom. The summed E-state index contributed by atoms with van der Waals surface area (Å²) in [4.78, 5) is 53.7. The minimum absolute atomic E-state index is 0.0139. The average molecular weight is 497 g/mol. The summed E-state index contributed by atoms with van der Waals surface area (Å²) in [6.45, 7) is 1.88. The summed E-state index contributed by atoms with van der Waals surface area (Å²) in [6.07, 6.45) is 0.232. The number of rotatable bonds is 6. The van der Waals surface area contributed by atoms with E-state index < -0.39 is 41.1 Å². The van der Waals surface area contributed by atoms with Gasteiger partial charge in [0.05, 0.1) is 25.5 Å². The van der Waals surface area contributed by atoms with Crippen LogP contribution in [0.5, 0.6) is 5.75 Å². The zero-order valence-electron chi connectivity index (χ0n) is 19.3. The molecule has 4 N–H and O–H groups in total. The number of nitrogens with one attached hydrogen (secondary N) is 2. The standard InChI is InChI=1S/C25H25ClN4O5/c1-12-9-14(26)10-16-21(12)28-24(34)25(16)20-19(17(29-25)7-8-18(27)31)22(32)30(23(20)33)11-13-3-5-15(35-2)6-4-13/h3-6,9-10,17,19-20,29H,7-8,11H2,1-2H3,(H2,27,31)(H,28,34). The maximum Gasteiger partial charge on any atom is 0.250 e. The average Bonchev–Trinajstić information content (AvgIpc) is 3.39. The molecule has 1 spiro atoms. The maximum absolute atomic E-state index is 13.8. The molecule has 0 radical (unpaired) electrons. The first-order valence-corrected chi connectivity index (χ1v) is 11.7. The minimum atomic E-state index is -1.47. The van der Waals surface area contributed by atoms with E-state index in [1.54, 1.807) is 43.5 Å². The molecule has 0 bridgehead atoms. The Labute approximate surface area is 206 Å². The Bertz CT molecular complexity index is 1260. The molecular formula is C25H25ClN4O5. The number of likely N-dealkylation sites (tertiary alicyclic amines) is 1. The van der Waals surface area contributed by atoms with Crippen molar-refractivity contribution in [3.63, 3.8) is 0 Å². The van der Waals surface area contributed by atoms with Gasteiger partial charge in [-0.15, -0.1) is 0 Å². The quantitative estimate of drug-likeness (QED) is 0.523. The van der Waals surface area contributed by atoms with Gasteiger partial charge >= 0.3 is 0 Å². The Hall–Kier alpha value is -3.43. The van der Waals surface area contributed by atoms with Crippen molar-refractivity contribution in [3.8, 4) is 5.75 Å². The van der Waals surface area contributed by atoms with Gasteiger partial charge in [-0.05, 0) is 48.7 Å². The number of methoxy groups -OCH3 is 1. The molecule has 4 unspecified atom stereocenters. The van der Waals surface area contributed by atoms with Gasteiger partial charge in [0.15, 0.2) is 0 Å². The van der Waals surface area contributed by atoms with E-state index in [0.717, 1.165) is 11.1 Å². The van der Waals surface area contributed by atoms with E-state index in [4.69, 9.17) is 22.1 Å². The number of imide groups is 1. The fraction of sp³-hybridized carbons (Fsp3) is 0.360. The van der Waals surface area contributed by atoms with Gasteiger partial charge in [0.25, 0.3) is 0 Å². The molecule has 9 nitrogen and oxygen atoms in total. The van der Waals surface area contributed by atoms with Crippen molar-refractivity contribution in [1.82, 2.24) is 10.2 Å². The van der Waals surface area contributed by atoms with Crippen LogP contribution in [-0.2, 0) is 31.3 Å². The minimum Gasteiger partial charge on any atom is -0.497 e. The number of halogens is 1. The zero-order chi connectivity index (χ0) is 25.1. The highest BCUT2D eigenvalue weighted by atomic mass is 35.5. The van der Waals surface area contributed by atoms with Gasteiger partial charge in [-0.25, -0.2) is 0 Å². The highest BCUT2D eigenvalue weighted by Gasteiger charge is 2.70. The fourth-order valence-corrected chi connectivity index (χ4v) is 5.98. The Morgan fingerprint density at radius 3 is 2.54 bits per heavy atom. The molecule has 4 amide bonds. The third-order valence-corrected chi connectivity index (χ3v) is 7.50. The lowest BCUT2D eigenvalue weighted by atomic mass is 9.76. The molecule has 10 heteroatoms. The second-order valence-electron chi connectivity index (χ2n) is 9.28. The van der Waals surface area contributed by atoms with Gasteiger partial charge in [0.2, 0.25) is 23.6 Å². The fourth-order valence-electron chi connectivity index (χ4n) is 5.71. The van der Waals surface area contributed by atoms with E-state index in [2.05, 4.69) is 10.6 Å². The highest BCUT2D eigenvalue weighted by molar-refractivity contribution is 6.31. The SMILES string of the molecule is COc1ccc(CN2C(=O)C3C(CCC(N)=O)NC4(C(=O)Nc5c(C)cc(Cl)cc54)C3C2=O)cc1. The van der Waals surface area contributed by atoms with Crippen molar-refractivity contribution < 1.29 is 23.9 Å². The number of nitrogens with two attached hydrogens (primary N) is 1. The molecule has 35 heavy (non-hydrogen) atoms. The van der Waals surface area contributed by atoms with E-state index in [0.29, 0.717) is 22.0 Å². The summed E-state index contributed by atoms with van der Waals surface area (Å²) in [5.74, 6) is -2.90. The van der Waals surface area contributed by atoms with Crippen molar-refractivity contribution in [3.05, 3.63) is 58.1 Å². The molecule has 3 aliphatic heterocycles. The molecule has 3 heterocycles. The summed E-state index contributed by atoms with van der Waals surface area (Å²) < 4.78 is 5.18. The summed E-state index contributed by atoms with van der Waals surface area (Å²) in [6, 6.07) is 9.87. The Kier molecular flexibility index (Phi) is 5.56. The van der Waals surface area contributed by atoms with Crippen molar-refractivity contribution in [2.24, 2.45) is 17.6 Å². The lowest BCUT2D eigenvalue weighted by molar-refractivity contribution is -0.143. The van der Waals surface area contributed by atoms with Gasteiger partial charge in [-0.3, -0.25) is 29.4 Å². The lowest BCUT2D eigenvalue weighted by Gasteiger charge is -2.29. The van der Waals surface area contributed by atoms with Crippen molar-refractivity contribution in [2.45, 2.75) is 37.9 Å². The third-order valence-electron chi connectivity index (χ3n) is 7.28. The van der Waals surface area contributed by atoms with E-state index in [1.165, 1.54) is 4.90 Å². The van der Waals surface area contributed by atoms with E-state index in [9.17, 15) is 19.2 Å². The van der Waals surface area contributed by atoms with Gasteiger partial charge < -0.3 is 15.8 Å². The zero-order valence-corrected chi connectivity index (χ0v) is 20.0. The first-order valence-electron chi connectivity index (χ1n) is 11.3. The molecule has 2 aromatic carbocycles. The number of amides is 4. The van der Waals surface area contributed by atoms with Crippen LogP contribution in [0.3, 0.4) is 0 Å². The molecule has 2 saturated heterocycles. The van der Waals surface area contributed by atoms with E-state index in [-0.39, 0.29) is 25.3 Å². The highest BCUT2D eigenvalue weighted by Crippen LogP contribution is 2.54. The van der Waals surface area contributed by atoms with E-state index in [1.807, 2.05) is 6.92 Å². The van der Waals surface area contributed by atoms with Crippen molar-refractivity contribution >= 4 is 40.9 Å². The molecule has 2 fully saturated rings. The van der Waals surface area contributed by atoms with Gasteiger partial charge in [0.1, 0.15) is 11.3 Å². The van der Waals surface area contributed by atoms with Crippen LogP contribution < -0.4 is 21.1 Å². The summed E-state index contributed by atoms with van der Waals surface area (Å²) in [5.41, 5.74) is 6.52. The Morgan fingerprint density at radius 1 is 1.17 bits per heavy atom. The van der Waals surface area contributed by atoms with Crippen LogP contribution in [0.2, 0.25) is 5.02 Å². The van der Waals surface area contributed by atoms with Crippen LogP contribution in [-0.4, -0.2) is 41.7 Å². The molecule has 182 valence electrons. The number of nitrogens with zero attached hydrogens (tertiary/aromatic N) is 1. The van der Waals surface area contributed by atoms with Crippen LogP contribution >= 0.6 is 11.6 Å². The smallest absolute Gasteiger partial charge is 0.250 e.